The molecule has 0 bridgehead atoms. The van der Waals surface area contributed by atoms with Gasteiger partial charge in [-0.1, -0.05) is 13.3 Å². The van der Waals surface area contributed by atoms with Crippen molar-refractivity contribution in [1.29, 1.82) is 0 Å². The summed E-state index contributed by atoms with van der Waals surface area (Å²) in [5.41, 5.74) is 0. The molecular formula is C12H23ClN2O2. The van der Waals surface area contributed by atoms with Crippen molar-refractivity contribution >= 4 is 18.3 Å². The number of amides is 1. The normalized spacial score (nSPS) is 31.5. The lowest BCUT2D eigenvalue weighted by Gasteiger charge is -2.23. The fraction of sp³-hybridized carbons (Fsp3) is 0.917. The Kier molecular flexibility index (Phi) is 6.23. The average Bonchev–Trinajstić information content (AvgIpc) is 2.98. The van der Waals surface area contributed by atoms with E-state index in [4.69, 9.17) is 4.74 Å². The van der Waals surface area contributed by atoms with Gasteiger partial charge < -0.3 is 15.4 Å². The van der Waals surface area contributed by atoms with Crippen LogP contribution < -0.4 is 10.6 Å². The van der Waals surface area contributed by atoms with Gasteiger partial charge in [0.2, 0.25) is 5.91 Å². The Balaban J connectivity index is 0.00000144. The van der Waals surface area contributed by atoms with E-state index in [9.17, 15) is 4.79 Å². The highest BCUT2D eigenvalue weighted by molar-refractivity contribution is 5.85. The molecule has 0 aromatic heterocycles. The highest BCUT2D eigenvalue weighted by Crippen LogP contribution is 2.34. The summed E-state index contributed by atoms with van der Waals surface area (Å²) in [6.45, 7) is 4.62. The number of halogens is 1. The fourth-order valence-electron chi connectivity index (χ4n) is 2.34. The van der Waals surface area contributed by atoms with E-state index in [2.05, 4.69) is 17.6 Å². The predicted octanol–water partition coefficient (Wildman–Crippen LogP) is 1.09. The van der Waals surface area contributed by atoms with Crippen LogP contribution in [0.3, 0.4) is 0 Å². The van der Waals surface area contributed by atoms with Crippen LogP contribution in [-0.4, -0.2) is 37.7 Å². The predicted molar refractivity (Wildman–Crippen MR) is 69.4 cm³/mol. The van der Waals surface area contributed by atoms with Crippen LogP contribution in [0.25, 0.3) is 0 Å². The summed E-state index contributed by atoms with van der Waals surface area (Å²) in [6, 6.07) is 0.448. The third-order valence-corrected chi connectivity index (χ3v) is 3.35. The first-order chi connectivity index (χ1) is 7.79. The van der Waals surface area contributed by atoms with Gasteiger partial charge in [0.15, 0.2) is 0 Å². The van der Waals surface area contributed by atoms with Crippen LogP contribution in [0.2, 0.25) is 0 Å². The molecular weight excluding hydrogens is 240 g/mol. The SMILES string of the molecule is CCCC1CC1NC(=O)CC1CNCCO1.Cl. The fourth-order valence-corrected chi connectivity index (χ4v) is 2.34. The van der Waals surface area contributed by atoms with Crippen molar-refractivity contribution in [3.63, 3.8) is 0 Å². The van der Waals surface area contributed by atoms with Crippen LogP contribution in [-0.2, 0) is 9.53 Å². The number of carbonyl (C=O) groups excluding carboxylic acids is 1. The number of morpholine rings is 1. The van der Waals surface area contributed by atoms with E-state index in [1.807, 2.05) is 0 Å². The molecule has 2 rings (SSSR count). The van der Waals surface area contributed by atoms with E-state index < -0.39 is 0 Å². The lowest BCUT2D eigenvalue weighted by Crippen LogP contribution is -2.41. The quantitative estimate of drug-likeness (QED) is 0.780. The molecule has 2 aliphatic rings. The Bertz CT molecular complexity index is 245. The summed E-state index contributed by atoms with van der Waals surface area (Å²) in [5.74, 6) is 0.886. The third-order valence-electron chi connectivity index (χ3n) is 3.35. The van der Waals surface area contributed by atoms with Crippen LogP contribution in [0.15, 0.2) is 0 Å². The zero-order chi connectivity index (χ0) is 11.4. The number of hydrogen-bond donors (Lipinski definition) is 2. The molecule has 0 aromatic rings. The van der Waals surface area contributed by atoms with Gasteiger partial charge in [-0.15, -0.1) is 12.4 Å². The maximum Gasteiger partial charge on any atom is 0.222 e. The summed E-state index contributed by atoms with van der Waals surface area (Å²) >= 11 is 0. The molecule has 0 radical (unpaired) electrons. The Hall–Kier alpha value is -0.320. The minimum atomic E-state index is 0. The standard InChI is InChI=1S/C12H22N2O2.ClH/c1-2-3-9-6-11(9)14-12(15)7-10-8-13-4-5-16-10;/h9-11,13H,2-8H2,1H3,(H,14,15);1H. The molecule has 0 spiro atoms. The molecule has 1 amide bonds. The molecule has 17 heavy (non-hydrogen) atoms. The van der Waals surface area contributed by atoms with Crippen molar-refractivity contribution in [1.82, 2.24) is 10.6 Å². The van der Waals surface area contributed by atoms with Gasteiger partial charge in [0.25, 0.3) is 0 Å². The Labute approximate surface area is 109 Å². The minimum Gasteiger partial charge on any atom is -0.375 e. The lowest BCUT2D eigenvalue weighted by molar-refractivity contribution is -0.124. The monoisotopic (exact) mass is 262 g/mol. The van der Waals surface area contributed by atoms with E-state index in [0.29, 0.717) is 12.5 Å². The summed E-state index contributed by atoms with van der Waals surface area (Å²) in [6.07, 6.45) is 4.20. The largest absolute Gasteiger partial charge is 0.375 e. The van der Waals surface area contributed by atoms with Gasteiger partial charge in [0, 0.05) is 19.1 Å². The van der Waals surface area contributed by atoms with Gasteiger partial charge in [-0.25, -0.2) is 0 Å². The second-order valence-corrected chi connectivity index (χ2v) is 4.86. The van der Waals surface area contributed by atoms with Gasteiger partial charge in [-0.05, 0) is 18.8 Å². The Morgan fingerprint density at radius 3 is 3.00 bits per heavy atom. The molecule has 5 heteroatoms. The maximum absolute atomic E-state index is 11.7. The first-order valence-corrected chi connectivity index (χ1v) is 6.41. The second-order valence-electron chi connectivity index (χ2n) is 4.86. The first-order valence-electron chi connectivity index (χ1n) is 6.41. The van der Waals surface area contributed by atoms with E-state index in [0.717, 1.165) is 25.6 Å². The topological polar surface area (TPSA) is 50.4 Å². The summed E-state index contributed by atoms with van der Waals surface area (Å²) in [5, 5.41) is 6.32. The summed E-state index contributed by atoms with van der Waals surface area (Å²) < 4.78 is 5.50. The van der Waals surface area contributed by atoms with E-state index in [1.54, 1.807) is 0 Å². The van der Waals surface area contributed by atoms with Gasteiger partial charge >= 0.3 is 0 Å². The lowest BCUT2D eigenvalue weighted by atomic mass is 10.2. The van der Waals surface area contributed by atoms with Crippen LogP contribution in [0, 0.1) is 5.92 Å². The van der Waals surface area contributed by atoms with Crippen molar-refractivity contribution in [2.24, 2.45) is 5.92 Å². The molecule has 100 valence electrons. The molecule has 2 fully saturated rings. The van der Waals surface area contributed by atoms with Crippen molar-refractivity contribution in [3.05, 3.63) is 0 Å². The van der Waals surface area contributed by atoms with Gasteiger partial charge in [-0.3, -0.25) is 4.79 Å². The number of nitrogens with one attached hydrogen (secondary N) is 2. The summed E-state index contributed by atoms with van der Waals surface area (Å²) in [7, 11) is 0. The smallest absolute Gasteiger partial charge is 0.222 e. The molecule has 1 heterocycles. The number of carbonyl (C=O) groups is 1. The van der Waals surface area contributed by atoms with Gasteiger partial charge in [0.1, 0.15) is 0 Å². The van der Waals surface area contributed by atoms with Gasteiger partial charge in [-0.2, -0.15) is 0 Å². The van der Waals surface area contributed by atoms with E-state index in [1.165, 1.54) is 19.3 Å². The van der Waals surface area contributed by atoms with Crippen molar-refractivity contribution in [2.45, 2.75) is 44.8 Å². The highest BCUT2D eigenvalue weighted by Gasteiger charge is 2.37. The van der Waals surface area contributed by atoms with Crippen LogP contribution in [0.5, 0.6) is 0 Å². The average molecular weight is 263 g/mol. The highest BCUT2D eigenvalue weighted by atomic mass is 35.5. The van der Waals surface area contributed by atoms with Crippen molar-refractivity contribution in [3.8, 4) is 0 Å². The maximum atomic E-state index is 11.7. The number of ether oxygens (including phenoxy) is 1. The molecule has 2 N–H and O–H groups in total. The zero-order valence-corrected chi connectivity index (χ0v) is 11.2. The molecule has 1 saturated carbocycles. The first kappa shape index (κ1) is 14.7. The second kappa shape index (κ2) is 7.19. The van der Waals surface area contributed by atoms with E-state index in [-0.39, 0.29) is 24.4 Å². The molecule has 1 saturated heterocycles. The Morgan fingerprint density at radius 2 is 2.35 bits per heavy atom. The van der Waals surface area contributed by atoms with Crippen LogP contribution >= 0.6 is 12.4 Å². The number of hydrogen-bond acceptors (Lipinski definition) is 3. The molecule has 3 atom stereocenters. The molecule has 3 unspecified atom stereocenters. The zero-order valence-electron chi connectivity index (χ0n) is 10.4. The number of rotatable bonds is 5. The van der Waals surface area contributed by atoms with Crippen LogP contribution in [0.4, 0.5) is 0 Å². The molecule has 0 aromatic carbocycles. The van der Waals surface area contributed by atoms with Crippen LogP contribution in [0.1, 0.15) is 32.6 Å². The van der Waals surface area contributed by atoms with Crippen molar-refractivity contribution < 1.29 is 9.53 Å². The summed E-state index contributed by atoms with van der Waals surface area (Å²) in [4.78, 5) is 11.7. The third kappa shape index (κ3) is 4.82. The van der Waals surface area contributed by atoms with Gasteiger partial charge in [0.05, 0.1) is 19.1 Å². The molecule has 1 aliphatic heterocycles. The molecule has 4 nitrogen and oxygen atoms in total. The van der Waals surface area contributed by atoms with E-state index >= 15 is 0 Å². The Morgan fingerprint density at radius 1 is 1.53 bits per heavy atom. The minimum absolute atomic E-state index is 0. The van der Waals surface area contributed by atoms with Crippen molar-refractivity contribution in [2.75, 3.05) is 19.7 Å². The molecule has 1 aliphatic carbocycles.